The number of aryl methyl sites for hydroxylation is 1. The summed E-state index contributed by atoms with van der Waals surface area (Å²) in [6, 6.07) is 17.1. The fourth-order valence-electron chi connectivity index (χ4n) is 3.85. The highest BCUT2D eigenvalue weighted by molar-refractivity contribution is 7.80. The molecule has 0 saturated carbocycles. The fraction of sp³-hybridized carbons (Fsp3) is 0.407. The number of nitrogens with zero attached hydrogens (tertiary/aromatic N) is 2. The molecule has 1 fully saturated rings. The lowest BCUT2D eigenvalue weighted by atomic mass is 10.1. The summed E-state index contributed by atoms with van der Waals surface area (Å²) < 4.78 is 5.24. The van der Waals surface area contributed by atoms with E-state index in [1.54, 1.807) is 24.3 Å². The number of piperazine rings is 1. The molecule has 9 heteroatoms. The Morgan fingerprint density at radius 3 is 2.44 bits per heavy atom. The second-order valence-electron chi connectivity index (χ2n) is 8.84. The van der Waals surface area contributed by atoms with E-state index in [1.807, 2.05) is 42.3 Å². The number of carbonyl (C=O) groups excluding carboxylic acids is 3. The molecule has 3 rings (SSSR count). The van der Waals surface area contributed by atoms with Gasteiger partial charge in [0.05, 0.1) is 6.61 Å². The third kappa shape index (κ3) is 9.39. The molecule has 0 spiro atoms. The normalized spacial score (nSPS) is 13.6. The van der Waals surface area contributed by atoms with Gasteiger partial charge in [0.1, 0.15) is 0 Å². The lowest BCUT2D eigenvalue weighted by Crippen LogP contribution is -2.47. The van der Waals surface area contributed by atoms with Crippen molar-refractivity contribution >= 4 is 40.8 Å². The zero-order valence-electron chi connectivity index (χ0n) is 20.7. The van der Waals surface area contributed by atoms with Gasteiger partial charge in [-0.15, -0.1) is 0 Å². The topological polar surface area (TPSA) is 91.0 Å². The van der Waals surface area contributed by atoms with Crippen molar-refractivity contribution in [3.05, 3.63) is 65.7 Å². The number of carbonyl (C=O) groups is 3. The lowest BCUT2D eigenvalue weighted by molar-refractivity contribution is -0.143. The molecule has 0 bridgehead atoms. The molecule has 0 atom stereocenters. The summed E-state index contributed by atoms with van der Waals surface area (Å²) in [5.74, 6) is -0.610. The van der Waals surface area contributed by atoms with Gasteiger partial charge >= 0.3 is 5.97 Å². The maximum atomic E-state index is 12.8. The molecular weight excluding hydrogens is 476 g/mol. The van der Waals surface area contributed by atoms with E-state index in [2.05, 4.69) is 15.5 Å². The zero-order chi connectivity index (χ0) is 25.8. The maximum Gasteiger partial charge on any atom is 0.305 e. The number of hydrogen-bond donors (Lipinski definition) is 2. The van der Waals surface area contributed by atoms with E-state index < -0.39 is 0 Å². The molecule has 1 saturated heterocycles. The van der Waals surface area contributed by atoms with Gasteiger partial charge in [-0.2, -0.15) is 0 Å². The van der Waals surface area contributed by atoms with Gasteiger partial charge in [-0.3, -0.25) is 14.4 Å². The molecule has 1 heterocycles. The van der Waals surface area contributed by atoms with E-state index in [0.717, 1.165) is 25.9 Å². The summed E-state index contributed by atoms with van der Waals surface area (Å²) >= 11 is 5.24. The van der Waals surface area contributed by atoms with E-state index >= 15 is 0 Å². The Balaban J connectivity index is 1.32. The maximum absolute atomic E-state index is 12.8. The standard InChI is InChI=1S/C27H34N4O4S/c1-30-15-17-31(18-16-30)26(34)22-11-5-12-23(20-22)28-27(36)29-24(32)13-6-14-25(33)35-19-7-10-21-8-3-2-4-9-21/h2-5,8-9,11-12,20H,6-7,10,13-19H2,1H3,(H2,28,29,32,36). The molecule has 0 unspecified atom stereocenters. The molecule has 1 aliphatic heterocycles. The van der Waals surface area contributed by atoms with Crippen LogP contribution < -0.4 is 10.6 Å². The van der Waals surface area contributed by atoms with E-state index in [1.165, 1.54) is 5.56 Å². The first-order valence-corrected chi connectivity index (χ1v) is 12.7. The number of ether oxygens (including phenoxy) is 1. The summed E-state index contributed by atoms with van der Waals surface area (Å²) in [6.07, 6.45) is 2.32. The van der Waals surface area contributed by atoms with Crippen molar-refractivity contribution in [2.75, 3.05) is 45.2 Å². The summed E-state index contributed by atoms with van der Waals surface area (Å²) in [5.41, 5.74) is 2.41. The Kier molecular flexibility index (Phi) is 10.8. The second kappa shape index (κ2) is 14.3. The van der Waals surface area contributed by atoms with Crippen LogP contribution in [0.2, 0.25) is 0 Å². The van der Waals surface area contributed by atoms with Gasteiger partial charge < -0.3 is 25.2 Å². The Labute approximate surface area is 218 Å². The molecule has 36 heavy (non-hydrogen) atoms. The number of esters is 1. The number of amides is 2. The largest absolute Gasteiger partial charge is 0.466 e. The third-order valence-electron chi connectivity index (χ3n) is 5.91. The van der Waals surface area contributed by atoms with Crippen LogP contribution in [0, 0.1) is 0 Å². The van der Waals surface area contributed by atoms with Crippen molar-refractivity contribution in [2.24, 2.45) is 0 Å². The zero-order valence-corrected chi connectivity index (χ0v) is 21.5. The number of benzene rings is 2. The van der Waals surface area contributed by atoms with E-state index in [4.69, 9.17) is 17.0 Å². The molecular formula is C27H34N4O4S. The first-order chi connectivity index (χ1) is 17.4. The number of rotatable bonds is 10. The minimum atomic E-state index is -0.307. The molecule has 0 radical (unpaired) electrons. The first-order valence-electron chi connectivity index (χ1n) is 12.3. The van der Waals surface area contributed by atoms with Crippen molar-refractivity contribution in [3.63, 3.8) is 0 Å². The highest BCUT2D eigenvalue weighted by atomic mass is 32.1. The molecule has 2 aromatic rings. The minimum Gasteiger partial charge on any atom is -0.466 e. The molecule has 0 aliphatic carbocycles. The van der Waals surface area contributed by atoms with Gasteiger partial charge in [0, 0.05) is 50.3 Å². The van der Waals surface area contributed by atoms with Crippen molar-refractivity contribution in [2.45, 2.75) is 32.1 Å². The predicted molar refractivity (Wildman–Crippen MR) is 144 cm³/mol. The van der Waals surface area contributed by atoms with Crippen molar-refractivity contribution in [1.29, 1.82) is 0 Å². The molecule has 1 aliphatic rings. The predicted octanol–water partition coefficient (Wildman–Crippen LogP) is 3.23. The molecule has 2 amide bonds. The highest BCUT2D eigenvalue weighted by Gasteiger charge is 2.20. The fourth-order valence-corrected chi connectivity index (χ4v) is 4.08. The minimum absolute atomic E-state index is 0.0198. The van der Waals surface area contributed by atoms with Crippen LogP contribution in [-0.4, -0.2) is 72.5 Å². The van der Waals surface area contributed by atoms with Crippen molar-refractivity contribution in [3.8, 4) is 0 Å². The van der Waals surface area contributed by atoms with Crippen LogP contribution in [0.5, 0.6) is 0 Å². The third-order valence-corrected chi connectivity index (χ3v) is 6.12. The number of thiocarbonyl (C=S) groups is 1. The van der Waals surface area contributed by atoms with Gasteiger partial charge in [-0.05, 0) is 62.3 Å². The number of nitrogens with one attached hydrogen (secondary N) is 2. The van der Waals surface area contributed by atoms with Crippen LogP contribution in [0.4, 0.5) is 5.69 Å². The molecule has 0 aromatic heterocycles. The SMILES string of the molecule is CN1CCN(C(=O)c2cccc(NC(=S)NC(=O)CCCC(=O)OCCCc3ccccc3)c2)CC1. The van der Waals surface area contributed by atoms with E-state index in [-0.39, 0.29) is 35.7 Å². The molecule has 2 N–H and O–H groups in total. The van der Waals surface area contributed by atoms with Crippen LogP contribution in [-0.2, 0) is 20.7 Å². The number of hydrogen-bond acceptors (Lipinski definition) is 6. The van der Waals surface area contributed by atoms with Crippen LogP contribution in [0.1, 0.15) is 41.6 Å². The molecule has 192 valence electrons. The average molecular weight is 511 g/mol. The quantitative estimate of drug-likeness (QED) is 0.288. The van der Waals surface area contributed by atoms with Gasteiger partial charge in [0.25, 0.3) is 5.91 Å². The smallest absolute Gasteiger partial charge is 0.305 e. The molecule has 2 aromatic carbocycles. The van der Waals surface area contributed by atoms with Crippen LogP contribution in [0.15, 0.2) is 54.6 Å². The Bertz CT molecular complexity index is 1040. The Hall–Kier alpha value is -3.30. The van der Waals surface area contributed by atoms with Crippen molar-refractivity contribution < 1.29 is 19.1 Å². The Morgan fingerprint density at radius 2 is 1.69 bits per heavy atom. The second-order valence-corrected chi connectivity index (χ2v) is 9.25. The lowest BCUT2D eigenvalue weighted by Gasteiger charge is -2.32. The highest BCUT2D eigenvalue weighted by Crippen LogP contribution is 2.14. The van der Waals surface area contributed by atoms with Crippen LogP contribution >= 0.6 is 12.2 Å². The first kappa shape index (κ1) is 27.3. The van der Waals surface area contributed by atoms with Crippen LogP contribution in [0.3, 0.4) is 0 Å². The monoisotopic (exact) mass is 510 g/mol. The van der Waals surface area contributed by atoms with Crippen molar-refractivity contribution in [1.82, 2.24) is 15.1 Å². The number of anilines is 1. The average Bonchev–Trinajstić information content (AvgIpc) is 2.87. The Morgan fingerprint density at radius 1 is 0.944 bits per heavy atom. The summed E-state index contributed by atoms with van der Waals surface area (Å²) in [5, 5.41) is 5.72. The van der Waals surface area contributed by atoms with E-state index in [0.29, 0.717) is 37.4 Å². The summed E-state index contributed by atoms with van der Waals surface area (Å²) in [4.78, 5) is 40.9. The van der Waals surface area contributed by atoms with Gasteiger partial charge in [-0.25, -0.2) is 0 Å². The molecule has 8 nitrogen and oxygen atoms in total. The van der Waals surface area contributed by atoms with Gasteiger partial charge in [0.2, 0.25) is 5.91 Å². The van der Waals surface area contributed by atoms with Crippen LogP contribution in [0.25, 0.3) is 0 Å². The van der Waals surface area contributed by atoms with Gasteiger partial charge in [0.15, 0.2) is 5.11 Å². The summed E-state index contributed by atoms with van der Waals surface area (Å²) in [6.45, 7) is 3.47. The number of likely N-dealkylation sites (N-methyl/N-ethyl adjacent to an activating group) is 1. The van der Waals surface area contributed by atoms with Gasteiger partial charge in [-0.1, -0.05) is 36.4 Å². The van der Waals surface area contributed by atoms with E-state index in [9.17, 15) is 14.4 Å². The summed E-state index contributed by atoms with van der Waals surface area (Å²) in [7, 11) is 2.04.